The third kappa shape index (κ3) is 7.29. The second kappa shape index (κ2) is 12.0. The van der Waals surface area contributed by atoms with Gasteiger partial charge in [0.15, 0.2) is 0 Å². The summed E-state index contributed by atoms with van der Waals surface area (Å²) in [5, 5.41) is 9.71. The van der Waals surface area contributed by atoms with Gasteiger partial charge in [0, 0.05) is 36.9 Å². The van der Waals surface area contributed by atoms with Gasteiger partial charge in [-0.3, -0.25) is 4.79 Å². The quantitative estimate of drug-likeness (QED) is 0.337. The molecular formula is C24H29ClN8O2. The highest BCUT2D eigenvalue weighted by molar-refractivity contribution is 6.30. The number of aromatic nitrogens is 3. The number of hydrogen-bond acceptors (Lipinski definition) is 9. The van der Waals surface area contributed by atoms with Gasteiger partial charge in [-0.2, -0.15) is 4.98 Å². The SMILES string of the molecule is C=CC(=O)Nc1cc(Nc2ncnc(Nc3cccc(Cl)c3)n2)c(OC)cc1N(C)CCN(C)C. The molecule has 3 N–H and O–H groups in total. The lowest BCUT2D eigenvalue weighted by atomic mass is 10.2. The van der Waals surface area contributed by atoms with Crippen LogP contribution in [0.5, 0.6) is 5.75 Å². The fraction of sp³-hybridized carbons (Fsp3) is 0.250. The van der Waals surface area contributed by atoms with Gasteiger partial charge >= 0.3 is 0 Å². The maximum Gasteiger partial charge on any atom is 0.247 e. The van der Waals surface area contributed by atoms with Gasteiger partial charge in [0.2, 0.25) is 17.8 Å². The van der Waals surface area contributed by atoms with Crippen LogP contribution in [0, 0.1) is 0 Å². The summed E-state index contributed by atoms with van der Waals surface area (Å²) in [5.41, 5.74) is 2.69. The van der Waals surface area contributed by atoms with Crippen LogP contribution in [0.4, 0.5) is 34.6 Å². The van der Waals surface area contributed by atoms with Crippen LogP contribution >= 0.6 is 11.6 Å². The van der Waals surface area contributed by atoms with E-state index < -0.39 is 0 Å². The molecule has 1 aromatic heterocycles. The van der Waals surface area contributed by atoms with Gasteiger partial charge in [0.25, 0.3) is 0 Å². The minimum absolute atomic E-state index is 0.289. The topological polar surface area (TPSA) is 108 Å². The van der Waals surface area contributed by atoms with E-state index in [9.17, 15) is 4.79 Å². The number of nitrogens with one attached hydrogen (secondary N) is 3. The highest BCUT2D eigenvalue weighted by Gasteiger charge is 2.16. The minimum Gasteiger partial charge on any atom is -0.494 e. The van der Waals surface area contributed by atoms with Gasteiger partial charge in [0.1, 0.15) is 12.1 Å². The molecule has 0 atom stereocenters. The second-order valence-electron chi connectivity index (χ2n) is 7.88. The lowest BCUT2D eigenvalue weighted by Crippen LogP contribution is -2.29. The smallest absolute Gasteiger partial charge is 0.247 e. The van der Waals surface area contributed by atoms with Crippen molar-refractivity contribution < 1.29 is 9.53 Å². The Kier molecular flexibility index (Phi) is 8.82. The fourth-order valence-corrected chi connectivity index (χ4v) is 3.33. The summed E-state index contributed by atoms with van der Waals surface area (Å²) in [6.07, 6.45) is 2.61. The van der Waals surface area contributed by atoms with Crippen LogP contribution in [-0.4, -0.2) is 67.1 Å². The number of likely N-dealkylation sites (N-methyl/N-ethyl adjacent to an activating group) is 2. The number of carbonyl (C=O) groups is 1. The van der Waals surface area contributed by atoms with Crippen LogP contribution in [-0.2, 0) is 4.79 Å². The molecule has 0 aliphatic heterocycles. The molecule has 0 saturated carbocycles. The van der Waals surface area contributed by atoms with Crippen LogP contribution < -0.4 is 25.6 Å². The molecule has 35 heavy (non-hydrogen) atoms. The Morgan fingerprint density at radius 3 is 2.49 bits per heavy atom. The Morgan fingerprint density at radius 1 is 1.09 bits per heavy atom. The molecule has 0 saturated heterocycles. The predicted octanol–water partition coefficient (Wildman–Crippen LogP) is 4.14. The normalized spacial score (nSPS) is 10.6. The van der Waals surface area contributed by atoms with E-state index in [-0.39, 0.29) is 11.9 Å². The summed E-state index contributed by atoms with van der Waals surface area (Å²) in [6.45, 7) is 5.13. The number of benzene rings is 2. The Labute approximate surface area is 210 Å². The number of methoxy groups -OCH3 is 1. The van der Waals surface area contributed by atoms with Crippen LogP contribution in [0.15, 0.2) is 55.4 Å². The highest BCUT2D eigenvalue weighted by atomic mass is 35.5. The number of rotatable bonds is 11. The van der Waals surface area contributed by atoms with Crippen LogP contribution in [0.25, 0.3) is 0 Å². The third-order valence-electron chi connectivity index (χ3n) is 4.95. The molecule has 0 unspecified atom stereocenters. The van der Waals surface area contributed by atoms with Gasteiger partial charge in [-0.05, 0) is 44.4 Å². The molecule has 1 amide bonds. The second-order valence-corrected chi connectivity index (χ2v) is 8.32. The van der Waals surface area contributed by atoms with E-state index in [2.05, 4.69) is 42.4 Å². The molecule has 0 fully saturated rings. The highest BCUT2D eigenvalue weighted by Crippen LogP contribution is 2.38. The first-order chi connectivity index (χ1) is 16.8. The monoisotopic (exact) mass is 496 g/mol. The van der Waals surface area contributed by atoms with E-state index in [1.165, 1.54) is 12.4 Å². The van der Waals surface area contributed by atoms with Crippen LogP contribution in [0.2, 0.25) is 5.02 Å². The van der Waals surface area contributed by atoms with Crippen molar-refractivity contribution in [2.75, 3.05) is 62.2 Å². The zero-order chi connectivity index (χ0) is 25.4. The molecule has 0 aliphatic carbocycles. The zero-order valence-electron chi connectivity index (χ0n) is 20.2. The largest absolute Gasteiger partial charge is 0.494 e. The molecule has 1 heterocycles. The number of carbonyl (C=O) groups excluding carboxylic acids is 1. The predicted molar refractivity (Wildman–Crippen MR) is 141 cm³/mol. The maximum atomic E-state index is 12.1. The fourth-order valence-electron chi connectivity index (χ4n) is 3.14. The lowest BCUT2D eigenvalue weighted by molar-refractivity contribution is -0.111. The minimum atomic E-state index is -0.323. The molecule has 184 valence electrons. The summed E-state index contributed by atoms with van der Waals surface area (Å²) in [6, 6.07) is 10.8. The first-order valence-corrected chi connectivity index (χ1v) is 11.2. The zero-order valence-corrected chi connectivity index (χ0v) is 20.9. The van der Waals surface area contributed by atoms with Gasteiger partial charge < -0.3 is 30.5 Å². The van der Waals surface area contributed by atoms with Crippen molar-refractivity contribution in [1.82, 2.24) is 19.9 Å². The molecule has 11 heteroatoms. The van der Waals surface area contributed by atoms with Crippen LogP contribution in [0.1, 0.15) is 0 Å². The molecule has 0 aliphatic rings. The number of halogens is 1. The number of hydrogen-bond donors (Lipinski definition) is 3. The molecule has 3 aromatic rings. The van der Waals surface area contributed by atoms with E-state index in [1.807, 2.05) is 44.2 Å². The van der Waals surface area contributed by atoms with Gasteiger partial charge in [0.05, 0.1) is 24.2 Å². The van der Waals surface area contributed by atoms with Crippen molar-refractivity contribution in [2.45, 2.75) is 0 Å². The van der Waals surface area contributed by atoms with Crippen molar-refractivity contribution >= 4 is 52.2 Å². The van der Waals surface area contributed by atoms with Crippen molar-refractivity contribution in [3.63, 3.8) is 0 Å². The molecule has 3 rings (SSSR count). The number of ether oxygens (including phenoxy) is 1. The lowest BCUT2D eigenvalue weighted by Gasteiger charge is -2.25. The van der Waals surface area contributed by atoms with E-state index in [0.717, 1.165) is 24.5 Å². The molecule has 10 nitrogen and oxygen atoms in total. The molecule has 0 spiro atoms. The first kappa shape index (κ1) is 25.7. The summed E-state index contributed by atoms with van der Waals surface area (Å²) < 4.78 is 5.63. The van der Waals surface area contributed by atoms with Gasteiger partial charge in [-0.15, -0.1) is 0 Å². The van der Waals surface area contributed by atoms with E-state index in [1.54, 1.807) is 25.3 Å². The van der Waals surface area contributed by atoms with Crippen molar-refractivity contribution in [3.05, 3.63) is 60.4 Å². The Morgan fingerprint density at radius 2 is 1.83 bits per heavy atom. The van der Waals surface area contributed by atoms with Crippen molar-refractivity contribution in [3.8, 4) is 5.75 Å². The third-order valence-corrected chi connectivity index (χ3v) is 5.19. The molecular weight excluding hydrogens is 468 g/mol. The Balaban J connectivity index is 1.91. The molecule has 2 aromatic carbocycles. The Bertz CT molecular complexity index is 1190. The van der Waals surface area contributed by atoms with E-state index in [0.29, 0.717) is 28.1 Å². The van der Waals surface area contributed by atoms with Crippen molar-refractivity contribution in [1.29, 1.82) is 0 Å². The summed E-state index contributed by atoms with van der Waals surface area (Å²) in [7, 11) is 7.54. The standard InChI is InChI=1S/C24H29ClN8O2/c1-6-22(34)29-18-13-19(21(35-5)14-20(18)33(4)11-10-32(2)3)30-24-27-15-26-23(31-24)28-17-9-7-8-16(25)12-17/h6-9,12-15H,1,10-11H2,2-5H3,(H,29,34)(H2,26,27,28,30,31). The van der Waals surface area contributed by atoms with Crippen LogP contribution in [0.3, 0.4) is 0 Å². The first-order valence-electron chi connectivity index (χ1n) is 10.8. The summed E-state index contributed by atoms with van der Waals surface area (Å²) >= 11 is 6.05. The number of anilines is 6. The average Bonchev–Trinajstić information content (AvgIpc) is 2.83. The van der Waals surface area contributed by atoms with Gasteiger partial charge in [-0.1, -0.05) is 24.2 Å². The number of amides is 1. The summed E-state index contributed by atoms with van der Waals surface area (Å²) in [5.74, 6) is 0.858. The summed E-state index contributed by atoms with van der Waals surface area (Å²) in [4.78, 5) is 29.0. The Hall–Kier alpha value is -3.89. The number of nitrogens with zero attached hydrogens (tertiary/aromatic N) is 5. The van der Waals surface area contributed by atoms with Gasteiger partial charge in [-0.25, -0.2) is 9.97 Å². The average molecular weight is 497 g/mol. The molecule has 0 bridgehead atoms. The molecule has 0 radical (unpaired) electrons. The van der Waals surface area contributed by atoms with E-state index in [4.69, 9.17) is 16.3 Å². The maximum absolute atomic E-state index is 12.1. The van der Waals surface area contributed by atoms with E-state index >= 15 is 0 Å². The van der Waals surface area contributed by atoms with Crippen molar-refractivity contribution in [2.24, 2.45) is 0 Å².